The topological polar surface area (TPSA) is 43.8 Å². The van der Waals surface area contributed by atoms with Crippen molar-refractivity contribution in [1.29, 1.82) is 0 Å². The fourth-order valence-corrected chi connectivity index (χ4v) is 6.16. The Hall–Kier alpha value is -3.73. The average molecular weight is 547 g/mol. The number of aliphatic hydroxyl groups is 1. The second-order valence-electron chi connectivity index (χ2n) is 11.4. The molecule has 1 aliphatic heterocycles. The quantitative estimate of drug-likeness (QED) is 0.209. The monoisotopic (exact) mass is 546 g/mol. The molecule has 4 heteroatoms. The standard InChI is InChI=1S/C37H42N2O2/c1-29(37(41)39-23-11-18-35(39)28-40)24-36(25-30-19-21-34(22-20-30)33-16-9-4-10-17-33)38(26-31-12-5-2-6-13-31)27-32-14-7-3-8-15-32/h2-10,12-17,19-22,29,35-36,40H,11,18,23-28H2,1H3/t29?,35-,36+/m1/s1. The first kappa shape index (κ1) is 28.8. The van der Waals surface area contributed by atoms with Gasteiger partial charge in [0.25, 0.3) is 0 Å². The second kappa shape index (κ2) is 14.2. The largest absolute Gasteiger partial charge is 0.394 e. The molecule has 0 aromatic heterocycles. The van der Waals surface area contributed by atoms with Crippen LogP contribution in [0.5, 0.6) is 0 Å². The summed E-state index contributed by atoms with van der Waals surface area (Å²) in [7, 11) is 0. The minimum absolute atomic E-state index is 0.0429. The van der Waals surface area contributed by atoms with Crippen molar-refractivity contribution in [2.24, 2.45) is 5.92 Å². The molecule has 4 nitrogen and oxygen atoms in total. The number of amides is 1. The lowest BCUT2D eigenvalue weighted by atomic mass is 9.92. The van der Waals surface area contributed by atoms with Gasteiger partial charge in [0.2, 0.25) is 5.91 Å². The normalized spacial score (nSPS) is 16.6. The van der Waals surface area contributed by atoms with E-state index in [2.05, 4.69) is 121 Å². The van der Waals surface area contributed by atoms with Gasteiger partial charge >= 0.3 is 0 Å². The van der Waals surface area contributed by atoms with E-state index in [1.807, 2.05) is 11.0 Å². The minimum Gasteiger partial charge on any atom is -0.394 e. The number of aliphatic hydroxyl groups excluding tert-OH is 1. The molecule has 4 aromatic rings. The molecular formula is C37H42N2O2. The number of carbonyl (C=O) groups excluding carboxylic acids is 1. The van der Waals surface area contributed by atoms with Gasteiger partial charge in [-0.2, -0.15) is 0 Å². The van der Waals surface area contributed by atoms with Gasteiger partial charge in [0.15, 0.2) is 0 Å². The van der Waals surface area contributed by atoms with Crippen LogP contribution in [0.25, 0.3) is 11.1 Å². The number of carbonyl (C=O) groups is 1. The van der Waals surface area contributed by atoms with E-state index >= 15 is 0 Å². The molecule has 41 heavy (non-hydrogen) atoms. The van der Waals surface area contributed by atoms with Crippen LogP contribution in [0.15, 0.2) is 115 Å². The highest BCUT2D eigenvalue weighted by Crippen LogP contribution is 2.27. The van der Waals surface area contributed by atoms with Gasteiger partial charge in [-0.1, -0.05) is 122 Å². The highest BCUT2D eigenvalue weighted by Gasteiger charge is 2.33. The summed E-state index contributed by atoms with van der Waals surface area (Å²) >= 11 is 0. The van der Waals surface area contributed by atoms with Crippen LogP contribution in [0, 0.1) is 5.92 Å². The molecule has 3 atom stereocenters. The van der Waals surface area contributed by atoms with Crippen LogP contribution in [-0.4, -0.2) is 46.0 Å². The molecule has 212 valence electrons. The molecule has 5 rings (SSSR count). The van der Waals surface area contributed by atoms with E-state index in [4.69, 9.17) is 0 Å². The molecule has 1 N–H and O–H groups in total. The Morgan fingerprint density at radius 2 is 1.32 bits per heavy atom. The Labute approximate surface area is 245 Å². The van der Waals surface area contributed by atoms with Gasteiger partial charge in [-0.15, -0.1) is 0 Å². The van der Waals surface area contributed by atoms with E-state index in [0.29, 0.717) is 0 Å². The van der Waals surface area contributed by atoms with Crippen LogP contribution in [-0.2, 0) is 24.3 Å². The lowest BCUT2D eigenvalue weighted by Gasteiger charge is -2.35. The van der Waals surface area contributed by atoms with Gasteiger partial charge in [-0.25, -0.2) is 0 Å². The van der Waals surface area contributed by atoms with Crippen molar-refractivity contribution >= 4 is 5.91 Å². The summed E-state index contributed by atoms with van der Waals surface area (Å²) in [6, 6.07) is 40.8. The number of rotatable bonds is 12. The maximum atomic E-state index is 13.6. The van der Waals surface area contributed by atoms with Crippen LogP contribution in [0.4, 0.5) is 0 Å². The number of benzene rings is 4. The van der Waals surface area contributed by atoms with Gasteiger partial charge in [0.05, 0.1) is 12.6 Å². The zero-order chi connectivity index (χ0) is 28.4. The molecule has 0 aliphatic carbocycles. The maximum Gasteiger partial charge on any atom is 0.225 e. The Bertz CT molecular complexity index is 1300. The van der Waals surface area contributed by atoms with E-state index in [1.165, 1.54) is 27.8 Å². The first-order valence-corrected chi connectivity index (χ1v) is 15.0. The molecule has 4 aromatic carbocycles. The van der Waals surface area contributed by atoms with E-state index in [-0.39, 0.29) is 30.5 Å². The van der Waals surface area contributed by atoms with Crippen molar-refractivity contribution in [2.45, 2.75) is 57.8 Å². The van der Waals surface area contributed by atoms with Crippen LogP contribution in [0.1, 0.15) is 42.9 Å². The molecule has 1 fully saturated rings. The summed E-state index contributed by atoms with van der Waals surface area (Å²) in [5.74, 6) is 0.0372. The summed E-state index contributed by atoms with van der Waals surface area (Å²) in [6.07, 6.45) is 3.47. The van der Waals surface area contributed by atoms with E-state index in [9.17, 15) is 9.90 Å². The maximum absolute atomic E-state index is 13.6. The first-order chi connectivity index (χ1) is 20.1. The van der Waals surface area contributed by atoms with Crippen molar-refractivity contribution in [1.82, 2.24) is 9.80 Å². The lowest BCUT2D eigenvalue weighted by molar-refractivity contribution is -0.137. The molecule has 0 spiro atoms. The molecule has 1 amide bonds. The number of hydrogen-bond donors (Lipinski definition) is 1. The van der Waals surface area contributed by atoms with Gasteiger partial charge in [-0.3, -0.25) is 9.69 Å². The first-order valence-electron chi connectivity index (χ1n) is 15.0. The Kier molecular flexibility index (Phi) is 10.0. The highest BCUT2D eigenvalue weighted by molar-refractivity contribution is 5.79. The van der Waals surface area contributed by atoms with E-state index < -0.39 is 0 Å². The predicted octanol–water partition coefficient (Wildman–Crippen LogP) is 6.98. The van der Waals surface area contributed by atoms with E-state index in [0.717, 1.165) is 45.3 Å². The Morgan fingerprint density at radius 1 is 0.780 bits per heavy atom. The average Bonchev–Trinajstić information content (AvgIpc) is 3.51. The fourth-order valence-electron chi connectivity index (χ4n) is 6.16. The molecular weight excluding hydrogens is 504 g/mol. The lowest BCUT2D eigenvalue weighted by Crippen LogP contribution is -2.44. The number of nitrogens with zero attached hydrogens (tertiary/aromatic N) is 2. The van der Waals surface area contributed by atoms with Crippen LogP contribution in [0.2, 0.25) is 0 Å². The predicted molar refractivity (Wildman–Crippen MR) is 167 cm³/mol. The van der Waals surface area contributed by atoms with Gasteiger partial charge in [0.1, 0.15) is 0 Å². The van der Waals surface area contributed by atoms with Crippen molar-refractivity contribution in [3.05, 3.63) is 132 Å². The zero-order valence-corrected chi connectivity index (χ0v) is 24.1. The summed E-state index contributed by atoms with van der Waals surface area (Å²) in [4.78, 5) is 18.1. The molecule has 1 heterocycles. The van der Waals surface area contributed by atoms with Crippen molar-refractivity contribution in [3.8, 4) is 11.1 Å². The number of hydrogen-bond acceptors (Lipinski definition) is 3. The SMILES string of the molecule is CC(C[C@@H](Cc1ccc(-c2ccccc2)cc1)N(Cc1ccccc1)Cc1ccccc1)C(=O)N1CCC[C@@H]1CO. The molecule has 1 saturated heterocycles. The third-order valence-corrected chi connectivity index (χ3v) is 8.42. The van der Waals surface area contributed by atoms with Crippen LogP contribution >= 0.6 is 0 Å². The molecule has 1 aliphatic rings. The zero-order valence-electron chi connectivity index (χ0n) is 24.1. The van der Waals surface area contributed by atoms with Crippen molar-refractivity contribution < 1.29 is 9.90 Å². The van der Waals surface area contributed by atoms with Crippen LogP contribution in [0.3, 0.4) is 0 Å². The number of likely N-dealkylation sites (tertiary alicyclic amines) is 1. The summed E-state index contributed by atoms with van der Waals surface area (Å²) in [5, 5.41) is 9.86. The molecule has 0 radical (unpaired) electrons. The molecule has 0 bridgehead atoms. The molecule has 1 unspecified atom stereocenters. The minimum atomic E-state index is -0.134. The summed E-state index contributed by atoms with van der Waals surface area (Å²) in [5.41, 5.74) is 6.24. The molecule has 0 saturated carbocycles. The highest BCUT2D eigenvalue weighted by atomic mass is 16.3. The smallest absolute Gasteiger partial charge is 0.225 e. The third-order valence-electron chi connectivity index (χ3n) is 8.42. The van der Waals surface area contributed by atoms with Crippen molar-refractivity contribution in [2.75, 3.05) is 13.2 Å². The van der Waals surface area contributed by atoms with Gasteiger partial charge in [-0.05, 0) is 53.5 Å². The summed E-state index contributed by atoms with van der Waals surface area (Å²) < 4.78 is 0. The third kappa shape index (κ3) is 7.72. The van der Waals surface area contributed by atoms with Crippen LogP contribution < -0.4 is 0 Å². The summed E-state index contributed by atoms with van der Waals surface area (Å²) in [6.45, 7) is 4.49. The van der Waals surface area contributed by atoms with Crippen molar-refractivity contribution in [3.63, 3.8) is 0 Å². The fraction of sp³-hybridized carbons (Fsp3) is 0.324. The van der Waals surface area contributed by atoms with Gasteiger partial charge in [0, 0.05) is 31.6 Å². The Morgan fingerprint density at radius 3 is 1.88 bits per heavy atom. The van der Waals surface area contributed by atoms with E-state index in [1.54, 1.807) is 0 Å². The second-order valence-corrected chi connectivity index (χ2v) is 11.4. The Balaban J connectivity index is 1.42. The van der Waals surface area contributed by atoms with Gasteiger partial charge < -0.3 is 10.0 Å².